The number of nitrogens with two attached hydrogens (primary N) is 1. The molecule has 0 radical (unpaired) electrons. The van der Waals surface area contributed by atoms with Crippen molar-refractivity contribution in [2.24, 2.45) is 0 Å². The summed E-state index contributed by atoms with van der Waals surface area (Å²) in [4.78, 5) is 1.56. The summed E-state index contributed by atoms with van der Waals surface area (Å²) >= 11 is 0. The van der Waals surface area contributed by atoms with Crippen LogP contribution in [0.1, 0.15) is 40.0 Å². The second-order valence-electron chi connectivity index (χ2n) is 5.17. The van der Waals surface area contributed by atoms with Crippen LogP contribution in [0.4, 0.5) is 0 Å². The van der Waals surface area contributed by atoms with Crippen LogP contribution in [0.2, 0.25) is 0 Å². The summed E-state index contributed by atoms with van der Waals surface area (Å²) in [5, 5.41) is 2.49. The Morgan fingerprint density at radius 1 is 1.33 bits per heavy atom. The van der Waals surface area contributed by atoms with E-state index in [1.54, 1.807) is 4.90 Å². The molecule has 0 aliphatic rings. The number of allylic oxidation sites excluding steroid dienone is 2. The van der Waals surface area contributed by atoms with E-state index < -0.39 is 0 Å². The standard InChI is InChI=1S/C13H28N2/c1-12(2)8-6-9-13(3)14-10-7-11-15(4)5/h8,13-14H,6-7,9-11H2,1-5H3/p+2/t13-/m1/s1. The third-order valence-corrected chi connectivity index (χ3v) is 2.62. The van der Waals surface area contributed by atoms with Gasteiger partial charge in [-0.3, -0.25) is 0 Å². The lowest BCUT2D eigenvalue weighted by Crippen LogP contribution is -3.06. The number of rotatable bonds is 8. The van der Waals surface area contributed by atoms with Gasteiger partial charge in [-0.2, -0.15) is 0 Å². The van der Waals surface area contributed by atoms with E-state index in [0.717, 1.165) is 6.04 Å². The Labute approximate surface area is 95.7 Å². The van der Waals surface area contributed by atoms with Crippen LogP contribution < -0.4 is 10.2 Å². The summed E-state index contributed by atoms with van der Waals surface area (Å²) in [6.45, 7) is 9.25. The maximum absolute atomic E-state index is 2.49. The molecule has 1 atom stereocenters. The first kappa shape index (κ1) is 14.7. The van der Waals surface area contributed by atoms with Gasteiger partial charge < -0.3 is 10.2 Å². The van der Waals surface area contributed by atoms with Gasteiger partial charge >= 0.3 is 0 Å². The van der Waals surface area contributed by atoms with Crippen LogP contribution in [0.15, 0.2) is 11.6 Å². The highest BCUT2D eigenvalue weighted by molar-refractivity contribution is 4.92. The zero-order chi connectivity index (χ0) is 11.7. The van der Waals surface area contributed by atoms with Crippen LogP contribution in [-0.2, 0) is 0 Å². The van der Waals surface area contributed by atoms with E-state index in [2.05, 4.69) is 46.3 Å². The second-order valence-corrected chi connectivity index (χ2v) is 5.17. The topological polar surface area (TPSA) is 21.1 Å². The molecule has 90 valence electrons. The molecule has 0 spiro atoms. The SMILES string of the molecule is CC(C)=CCC[C@@H](C)[NH2+]CCC[NH+](C)C. The summed E-state index contributed by atoms with van der Waals surface area (Å²) < 4.78 is 0. The van der Waals surface area contributed by atoms with Crippen molar-refractivity contribution in [3.63, 3.8) is 0 Å². The second kappa shape index (κ2) is 8.93. The average molecular weight is 214 g/mol. The highest BCUT2D eigenvalue weighted by Gasteiger charge is 2.03. The lowest BCUT2D eigenvalue weighted by molar-refractivity contribution is -0.860. The van der Waals surface area contributed by atoms with E-state index >= 15 is 0 Å². The fourth-order valence-electron chi connectivity index (χ4n) is 1.61. The lowest BCUT2D eigenvalue weighted by atomic mass is 10.1. The number of hydrogen-bond acceptors (Lipinski definition) is 0. The molecule has 2 nitrogen and oxygen atoms in total. The van der Waals surface area contributed by atoms with E-state index in [9.17, 15) is 0 Å². The third-order valence-electron chi connectivity index (χ3n) is 2.62. The average Bonchev–Trinajstić information content (AvgIpc) is 2.11. The number of quaternary nitrogens is 2. The minimum Gasteiger partial charge on any atom is -0.344 e. The minimum absolute atomic E-state index is 0.776. The Kier molecular flexibility index (Phi) is 8.73. The zero-order valence-corrected chi connectivity index (χ0v) is 11.3. The molecule has 0 amide bonds. The number of nitrogens with one attached hydrogen (secondary N) is 1. The maximum Gasteiger partial charge on any atom is 0.0833 e. The molecular weight excluding hydrogens is 184 g/mol. The summed E-state index contributed by atoms with van der Waals surface area (Å²) in [6.07, 6.45) is 6.21. The molecule has 0 heterocycles. The molecule has 0 aromatic heterocycles. The first-order valence-electron chi connectivity index (χ1n) is 6.28. The van der Waals surface area contributed by atoms with Gasteiger partial charge in [0.1, 0.15) is 0 Å². The summed E-state index contributed by atoms with van der Waals surface area (Å²) in [5.74, 6) is 0. The lowest BCUT2D eigenvalue weighted by Gasteiger charge is -2.10. The first-order valence-corrected chi connectivity index (χ1v) is 6.28. The van der Waals surface area contributed by atoms with Gasteiger partial charge in [-0.05, 0) is 27.2 Å². The van der Waals surface area contributed by atoms with Crippen molar-refractivity contribution in [1.82, 2.24) is 0 Å². The molecule has 0 rings (SSSR count). The van der Waals surface area contributed by atoms with Crippen molar-refractivity contribution < 1.29 is 10.2 Å². The summed E-state index contributed by atoms with van der Waals surface area (Å²) in [7, 11) is 4.44. The molecule has 0 aliphatic heterocycles. The molecule has 0 aromatic rings. The zero-order valence-electron chi connectivity index (χ0n) is 11.3. The van der Waals surface area contributed by atoms with Gasteiger partial charge in [0.2, 0.25) is 0 Å². The molecular formula is C13H30N2+2. The molecule has 0 aromatic carbocycles. The highest BCUT2D eigenvalue weighted by Crippen LogP contribution is 1.98. The fourth-order valence-corrected chi connectivity index (χ4v) is 1.61. The van der Waals surface area contributed by atoms with Gasteiger partial charge in [0.15, 0.2) is 0 Å². The smallest absolute Gasteiger partial charge is 0.0833 e. The maximum atomic E-state index is 2.49. The molecule has 3 N–H and O–H groups in total. The van der Waals surface area contributed by atoms with E-state index in [-0.39, 0.29) is 0 Å². The van der Waals surface area contributed by atoms with Gasteiger partial charge in [-0.25, -0.2) is 0 Å². The quantitative estimate of drug-likeness (QED) is 0.426. The Morgan fingerprint density at radius 2 is 2.00 bits per heavy atom. The Hall–Kier alpha value is -0.340. The molecule has 0 saturated heterocycles. The van der Waals surface area contributed by atoms with Crippen molar-refractivity contribution in [2.75, 3.05) is 27.2 Å². The molecule has 0 saturated carbocycles. The van der Waals surface area contributed by atoms with Crippen LogP contribution in [-0.4, -0.2) is 33.2 Å². The molecule has 0 fully saturated rings. The molecule has 2 heteroatoms. The first-order chi connectivity index (χ1) is 7.02. The van der Waals surface area contributed by atoms with Crippen molar-refractivity contribution in [3.05, 3.63) is 11.6 Å². The van der Waals surface area contributed by atoms with Crippen molar-refractivity contribution in [1.29, 1.82) is 0 Å². The predicted octanol–water partition coefficient (Wildman–Crippen LogP) is 0.219. The fraction of sp³-hybridized carbons (Fsp3) is 0.846. The van der Waals surface area contributed by atoms with Gasteiger partial charge in [0.05, 0.1) is 33.2 Å². The summed E-state index contributed by atoms with van der Waals surface area (Å²) in [6, 6.07) is 0.776. The van der Waals surface area contributed by atoms with E-state index in [4.69, 9.17) is 0 Å². The number of hydrogen-bond donors (Lipinski definition) is 2. The predicted molar refractivity (Wildman–Crippen MR) is 67.2 cm³/mol. The Morgan fingerprint density at radius 3 is 2.53 bits per heavy atom. The van der Waals surface area contributed by atoms with Crippen LogP contribution in [0.3, 0.4) is 0 Å². The Balaban J connectivity index is 3.33. The van der Waals surface area contributed by atoms with E-state index in [1.807, 2.05) is 0 Å². The Bertz CT molecular complexity index is 169. The summed E-state index contributed by atoms with van der Waals surface area (Å²) in [5.41, 5.74) is 1.44. The molecule has 15 heavy (non-hydrogen) atoms. The van der Waals surface area contributed by atoms with Crippen molar-refractivity contribution in [3.8, 4) is 0 Å². The van der Waals surface area contributed by atoms with Gasteiger partial charge in [-0.1, -0.05) is 11.6 Å². The van der Waals surface area contributed by atoms with Crippen LogP contribution >= 0.6 is 0 Å². The molecule has 0 unspecified atom stereocenters. The van der Waals surface area contributed by atoms with Crippen molar-refractivity contribution in [2.45, 2.75) is 46.1 Å². The highest BCUT2D eigenvalue weighted by atomic mass is 15.1. The monoisotopic (exact) mass is 214 g/mol. The van der Waals surface area contributed by atoms with Crippen LogP contribution in [0, 0.1) is 0 Å². The van der Waals surface area contributed by atoms with Gasteiger partial charge in [0, 0.05) is 12.8 Å². The van der Waals surface area contributed by atoms with Gasteiger partial charge in [-0.15, -0.1) is 0 Å². The van der Waals surface area contributed by atoms with Gasteiger partial charge in [0.25, 0.3) is 0 Å². The van der Waals surface area contributed by atoms with E-state index in [1.165, 1.54) is 37.9 Å². The molecule has 0 bridgehead atoms. The largest absolute Gasteiger partial charge is 0.344 e. The van der Waals surface area contributed by atoms with Crippen molar-refractivity contribution >= 4 is 0 Å². The van der Waals surface area contributed by atoms with Crippen LogP contribution in [0.25, 0.3) is 0 Å². The minimum atomic E-state index is 0.776. The third kappa shape index (κ3) is 11.6. The van der Waals surface area contributed by atoms with Crippen LogP contribution in [0.5, 0.6) is 0 Å². The van der Waals surface area contributed by atoms with E-state index in [0.29, 0.717) is 0 Å². The molecule has 0 aliphatic carbocycles. The normalized spacial score (nSPS) is 12.9.